The van der Waals surface area contributed by atoms with E-state index in [0.717, 1.165) is 12.3 Å². The lowest BCUT2D eigenvalue weighted by Gasteiger charge is -2.15. The molecule has 0 bridgehead atoms. The van der Waals surface area contributed by atoms with E-state index < -0.39 is 21.7 Å². The molecule has 0 unspecified atom stereocenters. The molecule has 3 rings (SSSR count). The van der Waals surface area contributed by atoms with E-state index >= 15 is 0 Å². The van der Waals surface area contributed by atoms with Crippen molar-refractivity contribution in [3.8, 4) is 16.9 Å². The summed E-state index contributed by atoms with van der Waals surface area (Å²) < 4.78 is 68.6. The van der Waals surface area contributed by atoms with Gasteiger partial charge in [0.15, 0.2) is 9.84 Å². The molecule has 2 N–H and O–H groups in total. The molecule has 0 radical (unpaired) electrons. The molecule has 0 fully saturated rings. The number of nitrogens with one attached hydrogen (secondary N) is 2. The largest absolute Gasteiger partial charge is 0.492 e. The van der Waals surface area contributed by atoms with Crippen molar-refractivity contribution in [2.24, 2.45) is 0 Å². The molecule has 0 atom stereocenters. The lowest BCUT2D eigenvalue weighted by atomic mass is 10.1. The molecular formula is C23H21F3N2O3S2. The van der Waals surface area contributed by atoms with Crippen LogP contribution in [0.25, 0.3) is 16.8 Å². The summed E-state index contributed by atoms with van der Waals surface area (Å²) >= 11 is 1.17. The number of anilines is 1. The fraction of sp³-hybridized carbons (Fsp3) is 0.174. The maximum absolute atomic E-state index is 13.1. The molecule has 2 aromatic carbocycles. The normalized spacial score (nSPS) is 12.5. The maximum Gasteiger partial charge on any atom is 0.432 e. The molecule has 0 aliphatic carbocycles. The van der Waals surface area contributed by atoms with Crippen LogP contribution in [0, 0.1) is 5.41 Å². The van der Waals surface area contributed by atoms with Crippen LogP contribution in [0.3, 0.4) is 0 Å². The van der Waals surface area contributed by atoms with Crippen LogP contribution in [0.4, 0.5) is 18.9 Å². The molecule has 1 heterocycles. The van der Waals surface area contributed by atoms with Gasteiger partial charge in [-0.05, 0) is 59.8 Å². The first-order valence-electron chi connectivity index (χ1n) is 9.74. The lowest BCUT2D eigenvalue weighted by Crippen LogP contribution is -2.20. The van der Waals surface area contributed by atoms with Gasteiger partial charge in [0.05, 0.1) is 27.8 Å². The van der Waals surface area contributed by atoms with Crippen molar-refractivity contribution >= 4 is 38.3 Å². The minimum absolute atomic E-state index is 0.0694. The number of thiophene rings is 1. The Hall–Kier alpha value is -3.11. The highest BCUT2D eigenvalue weighted by Crippen LogP contribution is 2.34. The van der Waals surface area contributed by atoms with Crippen molar-refractivity contribution in [3.05, 3.63) is 70.9 Å². The average molecular weight is 495 g/mol. The van der Waals surface area contributed by atoms with Crippen LogP contribution in [0.2, 0.25) is 0 Å². The van der Waals surface area contributed by atoms with E-state index in [-0.39, 0.29) is 10.6 Å². The summed E-state index contributed by atoms with van der Waals surface area (Å²) in [5.74, 6) is 0.460. The van der Waals surface area contributed by atoms with Crippen LogP contribution >= 0.6 is 11.3 Å². The number of rotatable bonds is 8. The quantitative estimate of drug-likeness (QED) is 0.363. The van der Waals surface area contributed by atoms with Crippen LogP contribution in [-0.2, 0) is 9.84 Å². The van der Waals surface area contributed by atoms with Gasteiger partial charge in [0, 0.05) is 6.26 Å². The van der Waals surface area contributed by atoms with Gasteiger partial charge in [0.1, 0.15) is 11.5 Å². The van der Waals surface area contributed by atoms with Crippen molar-refractivity contribution < 1.29 is 26.3 Å². The predicted molar refractivity (Wildman–Crippen MR) is 126 cm³/mol. The highest BCUT2D eigenvalue weighted by molar-refractivity contribution is 7.90. The summed E-state index contributed by atoms with van der Waals surface area (Å²) in [7, 11) is -3.41. The number of para-hydroxylation sites is 2. The molecule has 5 nitrogen and oxygen atoms in total. The van der Waals surface area contributed by atoms with Gasteiger partial charge in [0.25, 0.3) is 0 Å². The molecule has 1 aromatic heterocycles. The first-order valence-corrected chi connectivity index (χ1v) is 12.5. The number of hydrogen-bond acceptors (Lipinski definition) is 6. The van der Waals surface area contributed by atoms with Gasteiger partial charge in [0.2, 0.25) is 0 Å². The van der Waals surface area contributed by atoms with Crippen LogP contribution in [0.1, 0.15) is 11.8 Å². The highest BCUT2D eigenvalue weighted by atomic mass is 32.2. The molecular weight excluding hydrogens is 473 g/mol. The molecule has 0 aliphatic rings. The van der Waals surface area contributed by atoms with E-state index in [1.807, 2.05) is 0 Å². The Morgan fingerprint density at radius 1 is 1.12 bits per heavy atom. The highest BCUT2D eigenvalue weighted by Gasteiger charge is 2.33. The van der Waals surface area contributed by atoms with Crippen LogP contribution < -0.4 is 10.1 Å². The summed E-state index contributed by atoms with van der Waals surface area (Å²) in [4.78, 5) is 0.584. The Kier molecular flexibility index (Phi) is 7.28. The minimum atomic E-state index is -4.81. The Morgan fingerprint density at radius 3 is 2.52 bits per heavy atom. The fourth-order valence-corrected chi connectivity index (χ4v) is 4.48. The Balaban J connectivity index is 2.04. The number of hydrogen-bond donors (Lipinski definition) is 2. The fourth-order valence-electron chi connectivity index (χ4n) is 2.93. The van der Waals surface area contributed by atoms with E-state index in [0.29, 0.717) is 34.0 Å². The topological polar surface area (TPSA) is 79.2 Å². The second-order valence-electron chi connectivity index (χ2n) is 7.02. The number of benzene rings is 2. The zero-order valence-electron chi connectivity index (χ0n) is 17.7. The Labute approximate surface area is 194 Å². The van der Waals surface area contributed by atoms with E-state index in [1.54, 1.807) is 54.8 Å². The van der Waals surface area contributed by atoms with Crippen molar-refractivity contribution in [1.29, 1.82) is 5.41 Å². The Morgan fingerprint density at radius 2 is 1.85 bits per heavy atom. The maximum atomic E-state index is 13.1. The number of alkyl halides is 3. The molecule has 0 saturated carbocycles. The monoisotopic (exact) mass is 494 g/mol. The first kappa shape index (κ1) is 24.5. The molecule has 33 heavy (non-hydrogen) atoms. The summed E-state index contributed by atoms with van der Waals surface area (Å²) in [6, 6.07) is 14.8. The molecule has 3 aromatic rings. The third-order valence-electron chi connectivity index (χ3n) is 4.51. The van der Waals surface area contributed by atoms with Crippen molar-refractivity contribution in [2.45, 2.75) is 18.0 Å². The molecule has 0 amide bonds. The minimum Gasteiger partial charge on any atom is -0.492 e. The second kappa shape index (κ2) is 9.80. The van der Waals surface area contributed by atoms with Crippen LogP contribution in [0.5, 0.6) is 5.75 Å². The average Bonchev–Trinajstić information content (AvgIpc) is 3.24. The summed E-state index contributed by atoms with van der Waals surface area (Å²) in [6.45, 7) is 2.17. The van der Waals surface area contributed by atoms with E-state index in [9.17, 15) is 21.6 Å². The van der Waals surface area contributed by atoms with E-state index in [4.69, 9.17) is 10.1 Å². The van der Waals surface area contributed by atoms with Gasteiger partial charge >= 0.3 is 6.18 Å². The summed E-state index contributed by atoms with van der Waals surface area (Å²) in [5, 5.41) is 12.1. The number of sulfone groups is 1. The summed E-state index contributed by atoms with van der Waals surface area (Å²) in [6.07, 6.45) is -2.98. The van der Waals surface area contributed by atoms with Crippen LogP contribution in [-0.4, -0.2) is 33.2 Å². The lowest BCUT2D eigenvalue weighted by molar-refractivity contribution is -0.0583. The van der Waals surface area contributed by atoms with E-state index in [2.05, 4.69) is 5.32 Å². The van der Waals surface area contributed by atoms with Crippen molar-refractivity contribution in [3.63, 3.8) is 0 Å². The zero-order chi connectivity index (χ0) is 24.2. The molecule has 174 valence electrons. The van der Waals surface area contributed by atoms with Crippen LogP contribution in [0.15, 0.2) is 70.9 Å². The van der Waals surface area contributed by atoms with E-state index in [1.165, 1.54) is 23.5 Å². The smallest absolute Gasteiger partial charge is 0.432 e. The van der Waals surface area contributed by atoms with Gasteiger partial charge in [-0.3, -0.25) is 5.41 Å². The Bertz CT molecular complexity index is 1300. The van der Waals surface area contributed by atoms with Gasteiger partial charge in [-0.15, -0.1) is 11.3 Å². The number of halogens is 3. The van der Waals surface area contributed by atoms with Gasteiger partial charge < -0.3 is 10.1 Å². The van der Waals surface area contributed by atoms with Gasteiger partial charge in [-0.2, -0.15) is 13.2 Å². The van der Waals surface area contributed by atoms with Gasteiger partial charge in [-0.25, -0.2) is 8.42 Å². The summed E-state index contributed by atoms with van der Waals surface area (Å²) in [5.41, 5.74) is 0.271. The molecule has 0 aliphatic heterocycles. The third kappa shape index (κ3) is 6.23. The second-order valence-corrected chi connectivity index (χ2v) is 9.95. The first-order chi connectivity index (χ1) is 15.5. The predicted octanol–water partition coefficient (Wildman–Crippen LogP) is 6.25. The molecule has 10 heteroatoms. The zero-order valence-corrected chi connectivity index (χ0v) is 19.4. The number of allylic oxidation sites excluding steroid dienone is 1. The van der Waals surface area contributed by atoms with Gasteiger partial charge in [-0.1, -0.05) is 24.3 Å². The van der Waals surface area contributed by atoms with Crippen molar-refractivity contribution in [2.75, 3.05) is 18.2 Å². The SMILES string of the molecule is CCOc1ccccc1N/C(=C\C(=N)C(F)(F)F)c1cc(-c2cccc(S(C)(=O)=O)c2)cs1. The van der Waals surface area contributed by atoms with Crippen molar-refractivity contribution in [1.82, 2.24) is 0 Å². The molecule has 0 saturated heterocycles. The standard InChI is InChI=1S/C23H21F3N2O3S2/c1-3-31-20-10-5-4-9-18(20)28-19(13-22(27)23(24,25)26)21-12-16(14-32-21)15-7-6-8-17(11-15)33(2,29)30/h4-14,27-28H,3H2,1-2H3/b19-13-,27-22?. The third-order valence-corrected chi connectivity index (χ3v) is 6.58. The number of ether oxygens (including phenoxy) is 1. The molecule has 0 spiro atoms.